The van der Waals surface area contributed by atoms with Gasteiger partial charge in [0.15, 0.2) is 5.03 Å². The van der Waals surface area contributed by atoms with Crippen LogP contribution >= 0.6 is 11.3 Å². The maximum atomic E-state index is 13.1. The number of β-lactam (4-membered cyclic amide) rings is 1. The molecule has 2 aromatic heterocycles. The first-order valence-electron chi connectivity index (χ1n) is 11.4. The van der Waals surface area contributed by atoms with Gasteiger partial charge in [-0.2, -0.15) is 0 Å². The first-order valence-corrected chi connectivity index (χ1v) is 13.8. The van der Waals surface area contributed by atoms with Crippen molar-refractivity contribution in [3.05, 3.63) is 62.5 Å². The van der Waals surface area contributed by atoms with Gasteiger partial charge in [0.2, 0.25) is 5.91 Å². The van der Waals surface area contributed by atoms with Crippen molar-refractivity contribution in [2.75, 3.05) is 6.26 Å². The van der Waals surface area contributed by atoms with Crippen molar-refractivity contribution in [1.82, 2.24) is 14.3 Å². The number of nitro groups is 1. The molecule has 3 aromatic rings. The van der Waals surface area contributed by atoms with E-state index in [0.29, 0.717) is 26.1 Å². The van der Waals surface area contributed by atoms with E-state index in [2.05, 4.69) is 4.98 Å². The summed E-state index contributed by atoms with van der Waals surface area (Å²) in [6, 6.07) is 5.38. The van der Waals surface area contributed by atoms with Crippen molar-refractivity contribution in [1.29, 1.82) is 0 Å². The van der Waals surface area contributed by atoms with Crippen LogP contribution in [-0.4, -0.2) is 63.9 Å². The lowest BCUT2D eigenvalue weighted by Crippen LogP contribution is -2.66. The third-order valence-electron chi connectivity index (χ3n) is 7.27. The van der Waals surface area contributed by atoms with Crippen LogP contribution in [0.15, 0.2) is 41.2 Å². The van der Waals surface area contributed by atoms with Crippen LogP contribution < -0.4 is 0 Å². The molecule has 1 amide bonds. The second kappa shape index (κ2) is 8.57. The number of fused-ring (bicyclic) bond motifs is 2. The molecule has 194 valence electrons. The average Bonchev–Trinajstić information content (AvgIpc) is 3.42. The van der Waals surface area contributed by atoms with E-state index in [-0.39, 0.29) is 17.8 Å². The van der Waals surface area contributed by atoms with Crippen LogP contribution in [-0.2, 0) is 26.8 Å². The lowest BCUT2D eigenvalue weighted by atomic mass is 9.64. The number of hydrogen-bond donors (Lipinski definition) is 2. The summed E-state index contributed by atoms with van der Waals surface area (Å²) in [6.45, 7) is 5.13. The normalized spacial score (nSPS) is 24.8. The Hall–Kier alpha value is -3.42. The largest absolute Gasteiger partial charge is 0.477 e. The summed E-state index contributed by atoms with van der Waals surface area (Å²) in [5, 5.41) is 32.2. The molecule has 0 radical (unpaired) electrons. The van der Waals surface area contributed by atoms with Gasteiger partial charge in [0, 0.05) is 35.6 Å². The van der Waals surface area contributed by atoms with Gasteiger partial charge in [0.05, 0.1) is 38.7 Å². The molecule has 0 spiro atoms. The molecule has 2 N–H and O–H groups in total. The van der Waals surface area contributed by atoms with Gasteiger partial charge < -0.3 is 15.1 Å². The van der Waals surface area contributed by atoms with E-state index in [1.54, 1.807) is 29.7 Å². The summed E-state index contributed by atoms with van der Waals surface area (Å²) in [5.74, 6) is -1.94. The molecule has 0 saturated carbocycles. The quantitative estimate of drug-likeness (QED) is 0.261. The van der Waals surface area contributed by atoms with Gasteiger partial charge in [0.1, 0.15) is 16.4 Å². The molecule has 0 aliphatic carbocycles. The van der Waals surface area contributed by atoms with E-state index < -0.39 is 51.1 Å². The van der Waals surface area contributed by atoms with Crippen molar-refractivity contribution < 1.29 is 28.9 Å². The van der Waals surface area contributed by atoms with Crippen molar-refractivity contribution in [2.45, 2.75) is 44.4 Å². The highest BCUT2D eigenvalue weighted by Gasteiger charge is 2.66. The number of carboxylic acid groups (broad SMARTS) is 1. The van der Waals surface area contributed by atoms with Gasteiger partial charge in [0.25, 0.3) is 5.69 Å². The Morgan fingerprint density at radius 1 is 1.35 bits per heavy atom. The fourth-order valence-electron chi connectivity index (χ4n) is 5.71. The number of benzene rings is 1. The number of aliphatic carboxylic acids is 1. The number of amides is 1. The number of non-ortho nitro benzene ring substituents is 1. The van der Waals surface area contributed by atoms with E-state index in [9.17, 15) is 34.1 Å². The minimum Gasteiger partial charge on any atom is -0.477 e. The molecule has 2 aliphatic heterocycles. The van der Waals surface area contributed by atoms with Crippen molar-refractivity contribution in [3.63, 3.8) is 0 Å². The molecular weight excluding hydrogens is 520 g/mol. The number of aromatic nitrogens is 2. The molecule has 1 unspecified atom stereocenters. The van der Waals surface area contributed by atoms with Crippen molar-refractivity contribution >= 4 is 50.1 Å². The number of aliphatic hydroxyl groups is 1. The van der Waals surface area contributed by atoms with Crippen LogP contribution in [0.2, 0.25) is 0 Å². The zero-order valence-electron chi connectivity index (χ0n) is 20.4. The molecule has 1 fully saturated rings. The van der Waals surface area contributed by atoms with E-state index in [1.807, 2.05) is 6.92 Å². The summed E-state index contributed by atoms with van der Waals surface area (Å²) in [6.07, 6.45) is 2.54. The highest BCUT2D eigenvalue weighted by atomic mass is 32.2. The summed E-state index contributed by atoms with van der Waals surface area (Å²) >= 11 is 1.25. The zero-order valence-corrected chi connectivity index (χ0v) is 22.0. The Morgan fingerprint density at radius 2 is 2.00 bits per heavy atom. The van der Waals surface area contributed by atoms with Crippen LogP contribution in [0, 0.1) is 28.4 Å². The zero-order chi connectivity index (χ0) is 27.0. The van der Waals surface area contributed by atoms with E-state index in [1.165, 1.54) is 41.5 Å². The van der Waals surface area contributed by atoms with Gasteiger partial charge >= 0.3 is 5.97 Å². The van der Waals surface area contributed by atoms with Gasteiger partial charge in [-0.15, -0.1) is 11.3 Å². The predicted octanol–water partition coefficient (Wildman–Crippen LogP) is 2.62. The first-order chi connectivity index (χ1) is 17.4. The standard InChI is InChI=1S/C24H24N4O7S2/c1-11(29)16-19-24(3,9-13-5-7-14(8-6-13)28(33)34)17(18(23(31)32)27(19)21(16)30)15-10-26-12(2)25-20(37(4)35)22(26)36-15/h5-8,10-11,16,19,29H,9H2,1-4H3,(H,31,32)/t11-,16-,19-,24+,37?/m1/s1. The van der Waals surface area contributed by atoms with Gasteiger partial charge in [-0.1, -0.05) is 19.1 Å². The number of imidazole rings is 1. The van der Waals surface area contributed by atoms with Gasteiger partial charge in [-0.05, 0) is 25.8 Å². The number of aliphatic hydroxyl groups excluding tert-OH is 1. The SMILES string of the molecule is Cc1nc(S(C)=O)c2sc(C3=C(C(=O)O)N4C(=O)[C@H]([C@@H](C)O)[C@@H]4[C@@]3(C)Cc3ccc([N+](=O)[O-])cc3)cn12. The number of hydrogen-bond acceptors (Lipinski definition) is 8. The second-order valence-electron chi connectivity index (χ2n) is 9.65. The maximum absolute atomic E-state index is 13.1. The smallest absolute Gasteiger partial charge is 0.352 e. The van der Waals surface area contributed by atoms with E-state index >= 15 is 0 Å². The van der Waals surface area contributed by atoms with Gasteiger partial charge in [-0.25, -0.2) is 9.78 Å². The Labute approximate surface area is 217 Å². The third kappa shape index (κ3) is 3.63. The number of carboxylic acids is 1. The molecular formula is C24H24N4O7S2. The van der Waals surface area contributed by atoms with Crippen LogP contribution in [0.25, 0.3) is 10.4 Å². The number of carbonyl (C=O) groups is 2. The van der Waals surface area contributed by atoms with Crippen LogP contribution in [0.1, 0.15) is 30.1 Å². The van der Waals surface area contributed by atoms with Crippen molar-refractivity contribution in [3.8, 4) is 0 Å². The summed E-state index contributed by atoms with van der Waals surface area (Å²) in [5.41, 5.74) is -0.0143. The number of rotatable bonds is 7. The number of thiazole rings is 1. The Bertz CT molecular complexity index is 1540. The number of aryl methyl sites for hydroxylation is 1. The van der Waals surface area contributed by atoms with E-state index in [0.717, 1.165) is 5.56 Å². The van der Waals surface area contributed by atoms with Crippen LogP contribution in [0.4, 0.5) is 5.69 Å². The van der Waals surface area contributed by atoms with Crippen LogP contribution in [0.5, 0.6) is 0 Å². The number of nitrogens with zero attached hydrogens (tertiary/aromatic N) is 4. The number of carbonyl (C=O) groups excluding carboxylic acids is 1. The third-order valence-corrected chi connectivity index (χ3v) is 9.34. The fraction of sp³-hybridized carbons (Fsp3) is 0.375. The monoisotopic (exact) mass is 544 g/mol. The molecule has 13 heteroatoms. The van der Waals surface area contributed by atoms with Gasteiger partial charge in [-0.3, -0.25) is 23.5 Å². The molecule has 37 heavy (non-hydrogen) atoms. The fourth-order valence-corrected chi connectivity index (χ4v) is 8.00. The molecule has 0 bridgehead atoms. The summed E-state index contributed by atoms with van der Waals surface area (Å²) in [7, 11) is -1.37. The molecule has 5 rings (SSSR count). The molecule has 2 aliphatic rings. The number of nitro benzene ring substituents is 1. The maximum Gasteiger partial charge on any atom is 0.352 e. The summed E-state index contributed by atoms with van der Waals surface area (Å²) < 4.78 is 14.1. The highest BCUT2D eigenvalue weighted by Crippen LogP contribution is 2.59. The molecule has 1 saturated heterocycles. The highest BCUT2D eigenvalue weighted by molar-refractivity contribution is 7.84. The Morgan fingerprint density at radius 3 is 2.54 bits per heavy atom. The van der Waals surface area contributed by atoms with E-state index in [4.69, 9.17) is 0 Å². The lowest BCUT2D eigenvalue weighted by Gasteiger charge is -2.51. The summed E-state index contributed by atoms with van der Waals surface area (Å²) in [4.78, 5) is 43.2. The predicted molar refractivity (Wildman–Crippen MR) is 135 cm³/mol. The lowest BCUT2D eigenvalue weighted by molar-refractivity contribution is -0.384. The molecule has 4 heterocycles. The topological polar surface area (TPSA) is 155 Å². The molecule has 1 aromatic carbocycles. The average molecular weight is 545 g/mol. The van der Waals surface area contributed by atoms with Crippen LogP contribution in [0.3, 0.4) is 0 Å². The molecule has 5 atom stereocenters. The minimum atomic E-state index is -1.37. The van der Waals surface area contributed by atoms with Crippen molar-refractivity contribution in [2.24, 2.45) is 11.3 Å². The minimum absolute atomic E-state index is 0.0684. The molecule has 11 nitrogen and oxygen atoms in total. The second-order valence-corrected chi connectivity index (χ2v) is 12.0. The Kier molecular flexibility index (Phi) is 5.84. The Balaban J connectivity index is 1.72. The first kappa shape index (κ1) is 25.2.